The number of para-hydroxylation sites is 1. The first-order valence-electron chi connectivity index (χ1n) is 9.52. The van der Waals surface area contributed by atoms with Gasteiger partial charge in [0, 0.05) is 25.9 Å². The summed E-state index contributed by atoms with van der Waals surface area (Å²) < 4.78 is 6.76. The zero-order valence-corrected chi connectivity index (χ0v) is 17.7. The quantitative estimate of drug-likeness (QED) is 0.346. The highest BCUT2D eigenvalue weighted by Crippen LogP contribution is 2.24. The molecule has 0 saturated carbocycles. The molecular formula is C22H25N3O3S. The Morgan fingerprint density at radius 3 is 2.66 bits per heavy atom. The Morgan fingerprint density at radius 1 is 1.21 bits per heavy atom. The summed E-state index contributed by atoms with van der Waals surface area (Å²) in [6.45, 7) is 4.85. The topological polar surface area (TPSA) is 73.2 Å². The van der Waals surface area contributed by atoms with Gasteiger partial charge in [0.2, 0.25) is 5.91 Å². The molecule has 0 aliphatic heterocycles. The third-order valence-corrected chi connectivity index (χ3v) is 5.62. The number of nitrogens with one attached hydrogen (secondary N) is 1. The minimum atomic E-state index is -0.418. The molecule has 6 nitrogen and oxygen atoms in total. The van der Waals surface area contributed by atoms with Gasteiger partial charge in [0.1, 0.15) is 0 Å². The summed E-state index contributed by atoms with van der Waals surface area (Å²) in [4.78, 5) is 30.3. The molecule has 1 atom stereocenters. The lowest BCUT2D eigenvalue weighted by Gasteiger charge is -2.16. The number of nitrogens with zero attached hydrogens (tertiary/aromatic N) is 2. The van der Waals surface area contributed by atoms with Gasteiger partial charge in [0.15, 0.2) is 5.16 Å². The molecule has 152 valence electrons. The average molecular weight is 412 g/mol. The number of hydrogen-bond acceptors (Lipinski definition) is 5. The van der Waals surface area contributed by atoms with Gasteiger partial charge in [-0.3, -0.25) is 14.2 Å². The largest absolute Gasteiger partial charge is 0.385 e. The van der Waals surface area contributed by atoms with E-state index in [1.54, 1.807) is 17.7 Å². The zero-order valence-electron chi connectivity index (χ0n) is 16.8. The van der Waals surface area contributed by atoms with Crippen LogP contribution in [-0.2, 0) is 16.1 Å². The number of anilines is 1. The number of aryl methyl sites for hydroxylation is 1. The lowest BCUT2D eigenvalue weighted by molar-refractivity contribution is -0.115. The molecule has 1 aromatic heterocycles. The summed E-state index contributed by atoms with van der Waals surface area (Å²) in [5.74, 6) is -0.135. The standard InChI is InChI=1S/C22H25N3O3S/c1-15-9-11-17(12-10-15)23-20(26)16(2)29-22-24-19-8-5-4-7-18(19)21(27)25(22)13-6-14-28-3/h4-5,7-12,16H,6,13-14H2,1-3H3,(H,23,26)/t16-/m1/s1. The van der Waals surface area contributed by atoms with Crippen LogP contribution in [0, 0.1) is 6.92 Å². The van der Waals surface area contributed by atoms with Gasteiger partial charge in [0.05, 0.1) is 16.2 Å². The number of rotatable bonds is 8. The van der Waals surface area contributed by atoms with E-state index in [2.05, 4.69) is 10.3 Å². The van der Waals surface area contributed by atoms with Gasteiger partial charge >= 0.3 is 0 Å². The van der Waals surface area contributed by atoms with Crippen LogP contribution in [0.15, 0.2) is 58.5 Å². The number of thioether (sulfide) groups is 1. The molecule has 0 spiro atoms. The molecule has 0 radical (unpaired) electrons. The van der Waals surface area contributed by atoms with E-state index in [1.807, 2.05) is 56.3 Å². The van der Waals surface area contributed by atoms with E-state index in [0.29, 0.717) is 35.6 Å². The molecule has 1 heterocycles. The number of ether oxygens (including phenoxy) is 1. The maximum Gasteiger partial charge on any atom is 0.262 e. The highest BCUT2D eigenvalue weighted by atomic mass is 32.2. The molecule has 3 rings (SSSR count). The Morgan fingerprint density at radius 2 is 1.93 bits per heavy atom. The molecule has 3 aromatic rings. The van der Waals surface area contributed by atoms with Crippen molar-refractivity contribution in [3.8, 4) is 0 Å². The molecule has 0 aliphatic rings. The van der Waals surface area contributed by atoms with E-state index in [4.69, 9.17) is 4.74 Å². The second kappa shape index (κ2) is 9.71. The fourth-order valence-electron chi connectivity index (χ4n) is 2.89. The van der Waals surface area contributed by atoms with Gasteiger partial charge < -0.3 is 10.1 Å². The second-order valence-electron chi connectivity index (χ2n) is 6.83. The molecule has 0 aliphatic carbocycles. The van der Waals surface area contributed by atoms with Crippen molar-refractivity contribution in [2.75, 3.05) is 19.0 Å². The normalized spacial score (nSPS) is 12.1. The number of amides is 1. The van der Waals surface area contributed by atoms with Crippen LogP contribution in [0.5, 0.6) is 0 Å². The van der Waals surface area contributed by atoms with Gasteiger partial charge in [-0.15, -0.1) is 0 Å². The minimum Gasteiger partial charge on any atom is -0.385 e. The van der Waals surface area contributed by atoms with E-state index in [0.717, 1.165) is 11.3 Å². The van der Waals surface area contributed by atoms with Crippen molar-refractivity contribution in [2.24, 2.45) is 0 Å². The third kappa shape index (κ3) is 5.25. The fraction of sp³-hybridized carbons (Fsp3) is 0.318. The van der Waals surface area contributed by atoms with Crippen LogP contribution < -0.4 is 10.9 Å². The molecular weight excluding hydrogens is 386 g/mol. The van der Waals surface area contributed by atoms with Gasteiger partial charge in [-0.2, -0.15) is 0 Å². The molecule has 0 saturated heterocycles. The molecule has 2 aromatic carbocycles. The first-order chi connectivity index (χ1) is 14.0. The van der Waals surface area contributed by atoms with Crippen molar-refractivity contribution in [2.45, 2.75) is 37.2 Å². The van der Waals surface area contributed by atoms with E-state index < -0.39 is 5.25 Å². The van der Waals surface area contributed by atoms with Crippen molar-refractivity contribution >= 4 is 34.3 Å². The Balaban J connectivity index is 1.84. The molecule has 0 fully saturated rings. The number of carbonyl (C=O) groups excluding carboxylic acids is 1. The maximum atomic E-state index is 13.0. The van der Waals surface area contributed by atoms with E-state index in [9.17, 15) is 9.59 Å². The van der Waals surface area contributed by atoms with Crippen LogP contribution in [-0.4, -0.2) is 34.4 Å². The van der Waals surface area contributed by atoms with Crippen molar-refractivity contribution in [1.29, 1.82) is 0 Å². The lowest BCUT2D eigenvalue weighted by Crippen LogP contribution is -2.27. The highest BCUT2D eigenvalue weighted by molar-refractivity contribution is 8.00. The summed E-state index contributed by atoms with van der Waals surface area (Å²) in [5, 5.41) is 3.61. The molecule has 0 bridgehead atoms. The predicted octanol–water partition coefficient (Wildman–Crippen LogP) is 3.86. The Bertz CT molecular complexity index is 1050. The van der Waals surface area contributed by atoms with Gasteiger partial charge in [-0.05, 0) is 44.5 Å². The summed E-state index contributed by atoms with van der Waals surface area (Å²) >= 11 is 1.29. The molecule has 1 N–H and O–H groups in total. The average Bonchev–Trinajstić information content (AvgIpc) is 2.72. The highest BCUT2D eigenvalue weighted by Gasteiger charge is 2.19. The van der Waals surface area contributed by atoms with Gasteiger partial charge in [-0.1, -0.05) is 41.6 Å². The Kier molecular flexibility index (Phi) is 7.06. The molecule has 1 amide bonds. The zero-order chi connectivity index (χ0) is 20.8. The third-order valence-electron chi connectivity index (χ3n) is 4.53. The lowest BCUT2D eigenvalue weighted by atomic mass is 10.2. The molecule has 0 unspecified atom stereocenters. The summed E-state index contributed by atoms with van der Waals surface area (Å²) in [6.07, 6.45) is 0.688. The summed E-state index contributed by atoms with van der Waals surface area (Å²) in [5.41, 5.74) is 2.41. The second-order valence-corrected chi connectivity index (χ2v) is 8.14. The van der Waals surface area contributed by atoms with Crippen LogP contribution in [0.2, 0.25) is 0 Å². The van der Waals surface area contributed by atoms with Crippen LogP contribution in [0.25, 0.3) is 10.9 Å². The number of hydrogen-bond donors (Lipinski definition) is 1. The number of fused-ring (bicyclic) bond motifs is 1. The summed E-state index contributed by atoms with van der Waals surface area (Å²) in [7, 11) is 1.63. The van der Waals surface area contributed by atoms with E-state index >= 15 is 0 Å². The Hall–Kier alpha value is -2.64. The monoisotopic (exact) mass is 411 g/mol. The number of aromatic nitrogens is 2. The van der Waals surface area contributed by atoms with Crippen LogP contribution in [0.4, 0.5) is 5.69 Å². The smallest absolute Gasteiger partial charge is 0.262 e. The number of methoxy groups -OCH3 is 1. The fourth-order valence-corrected chi connectivity index (χ4v) is 3.83. The number of carbonyl (C=O) groups is 1. The first-order valence-corrected chi connectivity index (χ1v) is 10.4. The first kappa shape index (κ1) is 21.1. The van der Waals surface area contributed by atoms with Crippen molar-refractivity contribution in [1.82, 2.24) is 9.55 Å². The van der Waals surface area contributed by atoms with E-state index in [1.165, 1.54) is 11.8 Å². The summed E-state index contributed by atoms with van der Waals surface area (Å²) in [6, 6.07) is 14.9. The van der Waals surface area contributed by atoms with Crippen molar-refractivity contribution in [3.63, 3.8) is 0 Å². The van der Waals surface area contributed by atoms with Crippen LogP contribution in [0.3, 0.4) is 0 Å². The molecule has 29 heavy (non-hydrogen) atoms. The van der Waals surface area contributed by atoms with Gasteiger partial charge in [0.25, 0.3) is 5.56 Å². The van der Waals surface area contributed by atoms with Crippen molar-refractivity contribution < 1.29 is 9.53 Å². The minimum absolute atomic E-state index is 0.0969. The molecule has 7 heteroatoms. The predicted molar refractivity (Wildman–Crippen MR) is 118 cm³/mol. The van der Waals surface area contributed by atoms with E-state index in [-0.39, 0.29) is 11.5 Å². The van der Waals surface area contributed by atoms with Gasteiger partial charge in [-0.25, -0.2) is 4.98 Å². The number of benzene rings is 2. The Labute approximate surface area is 174 Å². The SMILES string of the molecule is COCCCn1c(S[C@H](C)C(=O)Nc2ccc(C)cc2)nc2ccccc2c1=O. The van der Waals surface area contributed by atoms with Crippen LogP contribution >= 0.6 is 11.8 Å². The van der Waals surface area contributed by atoms with Crippen LogP contribution in [0.1, 0.15) is 18.9 Å². The maximum absolute atomic E-state index is 13.0. The van der Waals surface area contributed by atoms with Crippen molar-refractivity contribution in [3.05, 3.63) is 64.4 Å².